The highest BCUT2D eigenvalue weighted by atomic mass is 19.4. The zero-order valence-corrected chi connectivity index (χ0v) is 17.5. The van der Waals surface area contributed by atoms with Crippen molar-refractivity contribution in [3.8, 4) is 0 Å². The minimum absolute atomic E-state index is 0.129. The van der Waals surface area contributed by atoms with E-state index in [0.29, 0.717) is 22.5 Å². The second-order valence-corrected chi connectivity index (χ2v) is 7.29. The van der Waals surface area contributed by atoms with Gasteiger partial charge in [-0.1, -0.05) is 0 Å². The zero-order valence-electron chi connectivity index (χ0n) is 17.5. The van der Waals surface area contributed by atoms with Crippen molar-refractivity contribution in [1.29, 1.82) is 0 Å². The normalized spacial score (nSPS) is 17.2. The molecule has 1 aromatic heterocycles. The van der Waals surface area contributed by atoms with Crippen LogP contribution in [0.5, 0.6) is 0 Å². The Bertz CT molecular complexity index is 940. The van der Waals surface area contributed by atoms with Gasteiger partial charge in [-0.15, -0.1) is 0 Å². The molecule has 3 rings (SSSR count). The number of carbonyl (C=O) groups is 2. The molecule has 2 aliphatic heterocycles. The zero-order chi connectivity index (χ0) is 22.8. The van der Waals surface area contributed by atoms with Crippen LogP contribution in [-0.2, 0) is 16.0 Å². The summed E-state index contributed by atoms with van der Waals surface area (Å²) in [5, 5.41) is 3.12. The molecule has 0 radical (unpaired) electrons. The largest absolute Gasteiger partial charge is 0.495 e. The second kappa shape index (κ2) is 8.99. The Morgan fingerprint density at radius 3 is 2.77 bits per heavy atom. The minimum Gasteiger partial charge on any atom is -0.495 e. The summed E-state index contributed by atoms with van der Waals surface area (Å²) in [7, 11) is 0. The standard InChI is InChI=1S/C21H24F3N3O4/c1-4-30-20(29)18-15-11-27(19(28)14(15)5-7-25-18)13(3)16-9-12(2)17(10-26-16)31-8-6-21(22,23)24/h5,7,9,13,26H,4,6,8,10-11H2,1-3H3. The van der Waals surface area contributed by atoms with Crippen LogP contribution < -0.4 is 5.32 Å². The maximum absolute atomic E-state index is 12.9. The number of carbonyl (C=O) groups excluding carboxylic acids is 2. The summed E-state index contributed by atoms with van der Waals surface area (Å²) in [6, 6.07) is 1.22. The lowest BCUT2D eigenvalue weighted by molar-refractivity contribution is -0.142. The van der Waals surface area contributed by atoms with Crippen molar-refractivity contribution in [2.45, 2.75) is 46.0 Å². The van der Waals surface area contributed by atoms with Crippen LogP contribution >= 0.6 is 0 Å². The van der Waals surface area contributed by atoms with E-state index < -0.39 is 25.2 Å². The van der Waals surface area contributed by atoms with Gasteiger partial charge < -0.3 is 19.7 Å². The number of fused-ring (bicyclic) bond motifs is 1. The average molecular weight is 439 g/mol. The molecule has 1 amide bonds. The molecule has 7 nitrogen and oxygen atoms in total. The van der Waals surface area contributed by atoms with Gasteiger partial charge in [0.05, 0.1) is 32.2 Å². The molecule has 0 fully saturated rings. The topological polar surface area (TPSA) is 80.8 Å². The third-order valence-corrected chi connectivity index (χ3v) is 5.19. The first-order valence-corrected chi connectivity index (χ1v) is 9.93. The molecule has 0 bridgehead atoms. The van der Waals surface area contributed by atoms with Crippen LogP contribution in [0.25, 0.3) is 0 Å². The van der Waals surface area contributed by atoms with Crippen molar-refractivity contribution in [2.75, 3.05) is 19.8 Å². The lowest BCUT2D eigenvalue weighted by Gasteiger charge is -2.30. The highest BCUT2D eigenvalue weighted by Crippen LogP contribution is 2.30. The van der Waals surface area contributed by atoms with E-state index >= 15 is 0 Å². The highest BCUT2D eigenvalue weighted by Gasteiger charge is 2.36. The number of hydrogen-bond donors (Lipinski definition) is 1. The molecule has 0 saturated carbocycles. The Morgan fingerprint density at radius 2 is 2.13 bits per heavy atom. The first-order valence-electron chi connectivity index (χ1n) is 9.93. The Labute approximate surface area is 177 Å². The van der Waals surface area contributed by atoms with E-state index in [-0.39, 0.29) is 37.3 Å². The summed E-state index contributed by atoms with van der Waals surface area (Å²) in [5.41, 5.74) is 2.49. The molecule has 0 saturated heterocycles. The number of rotatable bonds is 7. The van der Waals surface area contributed by atoms with Gasteiger partial charge in [0.25, 0.3) is 5.91 Å². The molecule has 3 heterocycles. The van der Waals surface area contributed by atoms with Gasteiger partial charge >= 0.3 is 12.1 Å². The van der Waals surface area contributed by atoms with Gasteiger partial charge in [0.15, 0.2) is 5.69 Å². The number of nitrogens with one attached hydrogen (secondary N) is 1. The summed E-state index contributed by atoms with van der Waals surface area (Å²) < 4.78 is 47.3. The summed E-state index contributed by atoms with van der Waals surface area (Å²) in [6.45, 7) is 5.47. The third kappa shape index (κ3) is 5.00. The smallest absolute Gasteiger partial charge is 0.392 e. The number of ether oxygens (including phenoxy) is 2. The Balaban J connectivity index is 1.74. The lowest BCUT2D eigenvalue weighted by Crippen LogP contribution is -2.40. The maximum atomic E-state index is 12.9. The van der Waals surface area contributed by atoms with Crippen molar-refractivity contribution in [3.63, 3.8) is 0 Å². The van der Waals surface area contributed by atoms with Gasteiger partial charge in [-0.05, 0) is 38.5 Å². The van der Waals surface area contributed by atoms with Gasteiger partial charge in [-0.25, -0.2) is 9.78 Å². The molecule has 0 aromatic carbocycles. The number of halogens is 3. The van der Waals surface area contributed by atoms with E-state index in [4.69, 9.17) is 9.47 Å². The van der Waals surface area contributed by atoms with Crippen LogP contribution in [0.3, 0.4) is 0 Å². The van der Waals surface area contributed by atoms with Gasteiger partial charge in [0.1, 0.15) is 5.76 Å². The van der Waals surface area contributed by atoms with Crippen LogP contribution in [0.15, 0.2) is 35.4 Å². The van der Waals surface area contributed by atoms with Crippen LogP contribution in [0.1, 0.15) is 53.6 Å². The highest BCUT2D eigenvalue weighted by molar-refractivity contribution is 6.02. The van der Waals surface area contributed by atoms with Gasteiger partial charge in [-0.3, -0.25) is 4.79 Å². The molecule has 168 valence electrons. The predicted molar refractivity (Wildman–Crippen MR) is 105 cm³/mol. The van der Waals surface area contributed by atoms with Crippen molar-refractivity contribution in [1.82, 2.24) is 15.2 Å². The number of esters is 1. The number of allylic oxidation sites excluding steroid dienone is 2. The number of pyridine rings is 1. The molecular weight excluding hydrogens is 415 g/mol. The van der Waals surface area contributed by atoms with Crippen LogP contribution in [0, 0.1) is 0 Å². The minimum atomic E-state index is -4.27. The van der Waals surface area contributed by atoms with E-state index in [1.165, 1.54) is 6.20 Å². The van der Waals surface area contributed by atoms with Crippen LogP contribution in [0.4, 0.5) is 13.2 Å². The molecule has 2 aliphatic rings. The van der Waals surface area contributed by atoms with E-state index in [2.05, 4.69) is 10.3 Å². The maximum Gasteiger partial charge on any atom is 0.392 e. The first kappa shape index (κ1) is 22.6. The van der Waals surface area contributed by atoms with Crippen molar-refractivity contribution < 1.29 is 32.2 Å². The summed E-state index contributed by atoms with van der Waals surface area (Å²) in [5.74, 6) is -0.367. The molecule has 10 heteroatoms. The van der Waals surface area contributed by atoms with Gasteiger partial charge in [0, 0.05) is 29.6 Å². The molecule has 0 aliphatic carbocycles. The third-order valence-electron chi connectivity index (χ3n) is 5.19. The average Bonchev–Trinajstić information content (AvgIpc) is 3.04. The molecule has 1 aromatic rings. The summed E-state index contributed by atoms with van der Waals surface area (Å²) in [4.78, 5) is 30.8. The Hall–Kier alpha value is -3.04. The van der Waals surface area contributed by atoms with Crippen LogP contribution in [0.2, 0.25) is 0 Å². The lowest BCUT2D eigenvalue weighted by atomic mass is 10.1. The Morgan fingerprint density at radius 1 is 1.39 bits per heavy atom. The number of amides is 1. The second-order valence-electron chi connectivity index (χ2n) is 7.29. The molecule has 1 atom stereocenters. The number of alkyl halides is 3. The fourth-order valence-corrected chi connectivity index (χ4v) is 3.52. The van der Waals surface area contributed by atoms with Crippen LogP contribution in [-0.4, -0.2) is 53.7 Å². The van der Waals surface area contributed by atoms with E-state index in [9.17, 15) is 22.8 Å². The van der Waals surface area contributed by atoms with Crippen molar-refractivity contribution in [3.05, 3.63) is 52.2 Å². The fraction of sp³-hybridized carbons (Fsp3) is 0.476. The summed E-state index contributed by atoms with van der Waals surface area (Å²) >= 11 is 0. The quantitative estimate of drug-likeness (QED) is 0.657. The van der Waals surface area contributed by atoms with Gasteiger partial charge in [-0.2, -0.15) is 13.2 Å². The monoisotopic (exact) mass is 439 g/mol. The van der Waals surface area contributed by atoms with Gasteiger partial charge in [0.2, 0.25) is 0 Å². The SMILES string of the molecule is CCOC(=O)c1nccc2c1CN(C(C)C1=CC(C)=C(OCCC(F)(F)F)CN1)C2=O. The fourth-order valence-electron chi connectivity index (χ4n) is 3.52. The number of nitrogens with zero attached hydrogens (tertiary/aromatic N) is 2. The number of dihydropyridines is 1. The van der Waals surface area contributed by atoms with E-state index in [0.717, 1.165) is 5.70 Å². The molecule has 31 heavy (non-hydrogen) atoms. The molecular formula is C21H24F3N3O4. The number of hydrogen-bond acceptors (Lipinski definition) is 6. The van der Waals surface area contributed by atoms with E-state index in [1.54, 1.807) is 30.9 Å². The van der Waals surface area contributed by atoms with Crippen molar-refractivity contribution in [2.24, 2.45) is 0 Å². The van der Waals surface area contributed by atoms with Crippen molar-refractivity contribution >= 4 is 11.9 Å². The molecule has 1 N–H and O–H groups in total. The predicted octanol–water partition coefficient (Wildman–Crippen LogP) is 3.33. The molecule has 0 spiro atoms. The number of aromatic nitrogens is 1. The van der Waals surface area contributed by atoms with E-state index in [1.807, 2.05) is 6.92 Å². The first-order chi connectivity index (χ1) is 14.6. The molecule has 1 unspecified atom stereocenters. The summed E-state index contributed by atoms with van der Waals surface area (Å²) in [6.07, 6.45) is -2.12. The Kier molecular flexibility index (Phi) is 6.56.